The van der Waals surface area contributed by atoms with Crippen molar-refractivity contribution >= 4 is 44.8 Å². The first-order chi connectivity index (χ1) is 14.0. The minimum Gasteiger partial charge on any atom is -0.270 e. The molecule has 0 aliphatic carbocycles. The maximum Gasteiger partial charge on any atom is 0.344 e. The molecule has 2 aromatic rings. The molecule has 0 aromatic heterocycles. The molecule has 0 spiro atoms. The van der Waals surface area contributed by atoms with Gasteiger partial charge in [-0.2, -0.15) is 0 Å². The molecule has 152 valence electrons. The molecule has 1 fully saturated rings. The number of carbonyl (C=O) groups is 1. The smallest absolute Gasteiger partial charge is 0.270 e. The van der Waals surface area contributed by atoms with Crippen LogP contribution in [0.2, 0.25) is 5.02 Å². The fourth-order valence-electron chi connectivity index (χ4n) is 4.32. The van der Waals surface area contributed by atoms with Gasteiger partial charge >= 0.3 is 5.91 Å². The van der Waals surface area contributed by atoms with Crippen LogP contribution in [0.4, 0.5) is 5.69 Å². The van der Waals surface area contributed by atoms with Crippen LogP contribution in [-0.4, -0.2) is 37.9 Å². The summed E-state index contributed by atoms with van der Waals surface area (Å²) in [4.78, 5) is 18.8. The molecule has 4 rings (SSSR count). The number of amides is 1. The van der Waals surface area contributed by atoms with Crippen LogP contribution in [0.3, 0.4) is 0 Å². The molecule has 2 unspecified atom stereocenters. The molecule has 2 aromatic carbocycles. The second-order valence-electron chi connectivity index (χ2n) is 8.03. The molecule has 2 atom stereocenters. The molecule has 2 aliphatic rings. The van der Waals surface area contributed by atoms with Gasteiger partial charge in [0.1, 0.15) is 6.67 Å². The zero-order valence-electron chi connectivity index (χ0n) is 16.6. The van der Waals surface area contributed by atoms with E-state index in [1.54, 1.807) is 0 Å². The van der Waals surface area contributed by atoms with E-state index in [1.165, 1.54) is 6.42 Å². The summed E-state index contributed by atoms with van der Waals surface area (Å²) in [6.07, 6.45) is 5.23. The Morgan fingerprint density at radius 3 is 2.72 bits per heavy atom. The Morgan fingerprint density at radius 1 is 1.10 bits per heavy atom. The average Bonchev–Trinajstić information content (AvgIpc) is 2.81. The summed E-state index contributed by atoms with van der Waals surface area (Å²) in [5, 5.41) is 4.17. The van der Waals surface area contributed by atoms with Gasteiger partial charge in [0, 0.05) is 27.7 Å². The zero-order chi connectivity index (χ0) is 20.4. The summed E-state index contributed by atoms with van der Waals surface area (Å²) in [6.45, 7) is 1.49. The summed E-state index contributed by atoms with van der Waals surface area (Å²) < 4.78 is 1.16. The number of hydrogen-bond donors (Lipinski definition) is 1. The minimum atomic E-state index is -0.377. The van der Waals surface area contributed by atoms with Crippen molar-refractivity contribution in [2.75, 3.05) is 20.3 Å². The highest BCUT2D eigenvalue weighted by Crippen LogP contribution is 2.36. The Labute approximate surface area is 185 Å². The van der Waals surface area contributed by atoms with E-state index in [-0.39, 0.29) is 16.4 Å². The summed E-state index contributed by atoms with van der Waals surface area (Å²) >= 11 is 10.2. The van der Waals surface area contributed by atoms with Gasteiger partial charge in [0.05, 0.1) is 18.3 Å². The number of quaternary nitrogens is 1. The van der Waals surface area contributed by atoms with E-state index in [0.29, 0.717) is 11.7 Å². The lowest BCUT2D eigenvalue weighted by Crippen LogP contribution is -2.58. The van der Waals surface area contributed by atoms with E-state index in [0.717, 1.165) is 59.2 Å². The third kappa shape index (κ3) is 4.06. The molecular formula is C23H26BrClN3O+. The van der Waals surface area contributed by atoms with Gasteiger partial charge in [0.15, 0.2) is 11.7 Å². The van der Waals surface area contributed by atoms with E-state index in [1.807, 2.05) is 43.4 Å². The van der Waals surface area contributed by atoms with Gasteiger partial charge in [-0.3, -0.25) is 10.3 Å². The highest BCUT2D eigenvalue weighted by Gasteiger charge is 2.44. The van der Waals surface area contributed by atoms with Crippen LogP contribution in [0.15, 0.2) is 51.9 Å². The van der Waals surface area contributed by atoms with Crippen molar-refractivity contribution in [1.82, 2.24) is 9.80 Å². The number of halogens is 2. The minimum absolute atomic E-state index is 0.144. The number of nitrogens with zero attached hydrogens (tertiary/aromatic N) is 2. The number of benzene rings is 2. The Morgan fingerprint density at radius 2 is 1.90 bits per heavy atom. The summed E-state index contributed by atoms with van der Waals surface area (Å²) in [5.41, 5.74) is 3.61. The van der Waals surface area contributed by atoms with Crippen molar-refractivity contribution < 1.29 is 4.79 Å². The van der Waals surface area contributed by atoms with Gasteiger partial charge in [-0.1, -0.05) is 65.0 Å². The standard InChI is InChI=1S/C23H26BrClN3O/c1-28-15-26-13-7-3-2-4-10-20(23(28)29)27-22(17-8-5-6-9-19(17)25)18-14-16(24)11-12-21(18)28/h5-6,8-9,11-12,14,20,26H,2-4,7,10,13,15H2,1H3/q+1. The van der Waals surface area contributed by atoms with Crippen LogP contribution < -0.4 is 9.80 Å². The first-order valence-corrected chi connectivity index (χ1v) is 11.4. The lowest BCUT2D eigenvalue weighted by molar-refractivity contribution is -0.130. The van der Waals surface area contributed by atoms with Crippen LogP contribution >= 0.6 is 27.5 Å². The van der Waals surface area contributed by atoms with E-state index < -0.39 is 0 Å². The van der Waals surface area contributed by atoms with Crippen molar-refractivity contribution in [3.8, 4) is 0 Å². The van der Waals surface area contributed by atoms with Crippen molar-refractivity contribution in [3.63, 3.8) is 0 Å². The summed E-state index contributed by atoms with van der Waals surface area (Å²) in [6, 6.07) is 13.5. The largest absolute Gasteiger partial charge is 0.344 e. The van der Waals surface area contributed by atoms with Gasteiger partial charge in [-0.25, -0.2) is 9.28 Å². The number of nitrogens with one attached hydrogen (secondary N) is 1. The summed E-state index contributed by atoms with van der Waals surface area (Å²) in [7, 11) is 2.01. The molecule has 29 heavy (non-hydrogen) atoms. The molecule has 1 N–H and O–H groups in total. The van der Waals surface area contributed by atoms with Crippen LogP contribution in [0.25, 0.3) is 0 Å². The predicted molar refractivity (Wildman–Crippen MR) is 124 cm³/mol. The fraction of sp³-hybridized carbons (Fsp3) is 0.391. The first-order valence-electron chi connectivity index (χ1n) is 10.2. The zero-order valence-corrected chi connectivity index (χ0v) is 19.0. The SMILES string of the molecule is C[N+]12CNCCCCCCC(N=C(c3ccccc3Cl)c3cc(Br)ccc31)C2=O. The van der Waals surface area contributed by atoms with E-state index in [9.17, 15) is 4.79 Å². The van der Waals surface area contributed by atoms with Crippen LogP contribution in [0, 0.1) is 0 Å². The molecule has 2 aliphatic heterocycles. The van der Waals surface area contributed by atoms with Gasteiger partial charge in [-0.05, 0) is 31.0 Å². The Balaban J connectivity index is 1.95. The molecule has 1 saturated heterocycles. The monoisotopic (exact) mass is 474 g/mol. The molecule has 0 radical (unpaired) electrons. The third-order valence-electron chi connectivity index (χ3n) is 5.94. The second-order valence-corrected chi connectivity index (χ2v) is 9.35. The van der Waals surface area contributed by atoms with Crippen molar-refractivity contribution in [3.05, 3.63) is 63.1 Å². The molecule has 1 amide bonds. The normalized spacial score (nSPS) is 25.4. The van der Waals surface area contributed by atoms with Gasteiger partial charge in [0.2, 0.25) is 0 Å². The topological polar surface area (TPSA) is 41.5 Å². The van der Waals surface area contributed by atoms with Gasteiger partial charge in [-0.15, -0.1) is 0 Å². The number of fused-ring (bicyclic) bond motifs is 4. The highest BCUT2D eigenvalue weighted by atomic mass is 79.9. The van der Waals surface area contributed by atoms with Crippen LogP contribution in [0.1, 0.15) is 43.2 Å². The molecule has 2 bridgehead atoms. The van der Waals surface area contributed by atoms with E-state index in [2.05, 4.69) is 27.3 Å². The van der Waals surface area contributed by atoms with Crippen LogP contribution in [0.5, 0.6) is 0 Å². The fourth-order valence-corrected chi connectivity index (χ4v) is 4.91. The maximum absolute atomic E-state index is 13.8. The van der Waals surface area contributed by atoms with Crippen molar-refractivity contribution in [1.29, 1.82) is 0 Å². The number of rotatable bonds is 1. The molecule has 4 nitrogen and oxygen atoms in total. The van der Waals surface area contributed by atoms with E-state index >= 15 is 0 Å². The lowest BCUT2D eigenvalue weighted by atomic mass is 9.99. The Kier molecular flexibility index (Phi) is 6.21. The number of aliphatic imine (C=N–C) groups is 1. The quantitative estimate of drug-likeness (QED) is 0.569. The second kappa shape index (κ2) is 8.68. The first kappa shape index (κ1) is 20.7. The molecule has 6 heteroatoms. The highest BCUT2D eigenvalue weighted by molar-refractivity contribution is 9.10. The summed E-state index contributed by atoms with van der Waals surface area (Å²) in [5.74, 6) is 0.144. The van der Waals surface area contributed by atoms with Crippen molar-refractivity contribution in [2.45, 2.75) is 38.1 Å². The maximum atomic E-state index is 13.8. The van der Waals surface area contributed by atoms with Crippen molar-refractivity contribution in [2.24, 2.45) is 4.99 Å². The number of hydrogen-bond acceptors (Lipinski definition) is 3. The predicted octanol–water partition coefficient (Wildman–Crippen LogP) is 5.30. The number of likely N-dealkylation sites (N-methyl/N-ethyl adjacent to an activating group) is 1. The molecule has 2 heterocycles. The lowest BCUT2D eigenvalue weighted by Gasteiger charge is -2.33. The number of carbonyl (C=O) groups excluding carboxylic acids is 1. The Hall–Kier alpha value is -1.53. The van der Waals surface area contributed by atoms with Gasteiger partial charge < -0.3 is 0 Å². The van der Waals surface area contributed by atoms with Gasteiger partial charge in [0.25, 0.3) is 0 Å². The molecule has 0 saturated carbocycles. The average molecular weight is 476 g/mol. The molecular weight excluding hydrogens is 450 g/mol. The van der Waals surface area contributed by atoms with E-state index in [4.69, 9.17) is 16.6 Å². The Bertz CT molecular complexity index is 961. The van der Waals surface area contributed by atoms with Crippen LogP contribution in [-0.2, 0) is 4.79 Å². The third-order valence-corrected chi connectivity index (χ3v) is 6.76.